The maximum Gasteiger partial charge on any atom is 0.133 e. The molecule has 0 radical (unpaired) electrons. The van der Waals surface area contributed by atoms with E-state index in [1.54, 1.807) is 0 Å². The Morgan fingerprint density at radius 1 is 1.26 bits per heavy atom. The van der Waals surface area contributed by atoms with E-state index in [0.29, 0.717) is 6.61 Å². The molecule has 2 aromatic rings. The van der Waals surface area contributed by atoms with Gasteiger partial charge in [0.1, 0.15) is 5.75 Å². The van der Waals surface area contributed by atoms with Crippen LogP contribution in [0.1, 0.15) is 23.4 Å². The van der Waals surface area contributed by atoms with Gasteiger partial charge >= 0.3 is 0 Å². The molecule has 0 aliphatic heterocycles. The van der Waals surface area contributed by atoms with Gasteiger partial charge in [-0.2, -0.15) is 0 Å². The van der Waals surface area contributed by atoms with E-state index in [4.69, 9.17) is 16.3 Å². The van der Waals surface area contributed by atoms with E-state index in [1.807, 2.05) is 37.3 Å². The minimum absolute atomic E-state index is 0.153. The number of rotatable bonds is 4. The van der Waals surface area contributed by atoms with E-state index in [1.165, 1.54) is 3.57 Å². The van der Waals surface area contributed by atoms with Gasteiger partial charge in [-0.15, -0.1) is 11.6 Å². The molecule has 0 heterocycles. The van der Waals surface area contributed by atoms with Crippen molar-refractivity contribution in [3.05, 3.63) is 61.6 Å². The highest BCUT2D eigenvalue weighted by Gasteiger charge is 2.15. The van der Waals surface area contributed by atoms with Gasteiger partial charge in [0.25, 0.3) is 0 Å². The minimum Gasteiger partial charge on any atom is -0.493 e. The number of benzene rings is 2. The molecular weight excluding hydrogens is 438 g/mol. The quantitative estimate of drug-likeness (QED) is 0.423. The third kappa shape index (κ3) is 3.64. The van der Waals surface area contributed by atoms with Crippen molar-refractivity contribution >= 4 is 50.1 Å². The Labute approximate surface area is 140 Å². The van der Waals surface area contributed by atoms with Crippen LogP contribution in [0.5, 0.6) is 5.75 Å². The zero-order valence-corrected chi connectivity index (χ0v) is 14.9. The smallest absolute Gasteiger partial charge is 0.133 e. The van der Waals surface area contributed by atoms with Crippen molar-refractivity contribution in [1.82, 2.24) is 0 Å². The van der Waals surface area contributed by atoms with Gasteiger partial charge < -0.3 is 4.74 Å². The predicted octanol–water partition coefficient (Wildman–Crippen LogP) is 5.78. The largest absolute Gasteiger partial charge is 0.493 e. The van der Waals surface area contributed by atoms with Crippen LogP contribution in [0.25, 0.3) is 0 Å². The van der Waals surface area contributed by atoms with Crippen LogP contribution in [0.15, 0.2) is 46.9 Å². The Hall–Kier alpha value is -0.260. The second-order valence-electron chi connectivity index (χ2n) is 4.01. The molecule has 0 saturated heterocycles. The molecule has 4 heteroatoms. The Bertz CT molecular complexity index is 574. The molecule has 0 fully saturated rings. The Morgan fingerprint density at radius 3 is 2.63 bits per heavy atom. The highest BCUT2D eigenvalue weighted by atomic mass is 127. The van der Waals surface area contributed by atoms with E-state index >= 15 is 0 Å². The fourth-order valence-electron chi connectivity index (χ4n) is 1.81. The first kappa shape index (κ1) is 15.1. The molecule has 2 aromatic carbocycles. The van der Waals surface area contributed by atoms with Crippen molar-refractivity contribution in [3.8, 4) is 5.75 Å². The van der Waals surface area contributed by atoms with Crippen LogP contribution in [-0.4, -0.2) is 6.61 Å². The first-order valence-corrected chi connectivity index (χ1v) is 8.25. The highest BCUT2D eigenvalue weighted by Crippen LogP contribution is 2.35. The number of hydrogen-bond acceptors (Lipinski definition) is 1. The third-order valence-corrected chi connectivity index (χ3v) is 4.82. The topological polar surface area (TPSA) is 9.23 Å². The van der Waals surface area contributed by atoms with Crippen LogP contribution in [0.4, 0.5) is 0 Å². The molecule has 0 N–H and O–H groups in total. The minimum atomic E-state index is -0.153. The Balaban J connectivity index is 2.32. The molecule has 0 saturated carbocycles. The first-order chi connectivity index (χ1) is 9.13. The summed E-state index contributed by atoms with van der Waals surface area (Å²) >= 11 is 12.4. The van der Waals surface area contributed by atoms with Crippen LogP contribution in [0, 0.1) is 3.57 Å². The maximum absolute atomic E-state index is 6.57. The average Bonchev–Trinajstić information content (AvgIpc) is 2.41. The van der Waals surface area contributed by atoms with Gasteiger partial charge in [-0.05, 0) is 74.8 Å². The average molecular weight is 452 g/mol. The number of halogens is 3. The second-order valence-corrected chi connectivity index (χ2v) is 6.46. The van der Waals surface area contributed by atoms with Crippen molar-refractivity contribution in [2.75, 3.05) is 6.61 Å². The van der Waals surface area contributed by atoms with Gasteiger partial charge in [-0.25, -0.2) is 0 Å². The van der Waals surface area contributed by atoms with Crippen LogP contribution in [-0.2, 0) is 0 Å². The third-order valence-electron chi connectivity index (χ3n) is 2.73. The van der Waals surface area contributed by atoms with Gasteiger partial charge in [0.05, 0.1) is 16.5 Å². The molecule has 19 heavy (non-hydrogen) atoms. The lowest BCUT2D eigenvalue weighted by Gasteiger charge is -2.14. The van der Waals surface area contributed by atoms with E-state index in [2.05, 4.69) is 50.7 Å². The zero-order chi connectivity index (χ0) is 13.8. The molecule has 1 unspecified atom stereocenters. The monoisotopic (exact) mass is 450 g/mol. The summed E-state index contributed by atoms with van der Waals surface area (Å²) in [4.78, 5) is 0. The molecule has 2 rings (SSSR count). The fraction of sp³-hybridized carbons (Fsp3) is 0.200. The van der Waals surface area contributed by atoms with E-state index < -0.39 is 0 Å². The van der Waals surface area contributed by atoms with Gasteiger partial charge in [0.2, 0.25) is 0 Å². The highest BCUT2D eigenvalue weighted by molar-refractivity contribution is 14.1. The lowest BCUT2D eigenvalue weighted by atomic mass is 10.0. The Morgan fingerprint density at radius 2 is 2.00 bits per heavy atom. The molecule has 0 bridgehead atoms. The van der Waals surface area contributed by atoms with Crippen LogP contribution < -0.4 is 4.74 Å². The predicted molar refractivity (Wildman–Crippen MR) is 92.2 cm³/mol. The summed E-state index contributed by atoms with van der Waals surface area (Å²) in [6, 6.07) is 14.1. The summed E-state index contributed by atoms with van der Waals surface area (Å²) in [7, 11) is 0. The molecule has 0 aliphatic rings. The maximum atomic E-state index is 6.57. The second kappa shape index (κ2) is 6.95. The number of alkyl halides is 1. The van der Waals surface area contributed by atoms with Crippen LogP contribution in [0.2, 0.25) is 0 Å². The van der Waals surface area contributed by atoms with Crippen molar-refractivity contribution in [3.63, 3.8) is 0 Å². The standard InChI is InChI=1S/C15H13BrClIO/c1-2-19-14-8-7-10(9-12(14)16)15(17)11-5-3-4-6-13(11)18/h3-9,15H,2H2,1H3. The van der Waals surface area contributed by atoms with Gasteiger partial charge in [0, 0.05) is 3.57 Å². The molecule has 1 atom stereocenters. The Kier molecular flexibility index (Phi) is 5.54. The van der Waals surface area contributed by atoms with Gasteiger partial charge in [-0.1, -0.05) is 24.3 Å². The van der Waals surface area contributed by atoms with Crippen LogP contribution in [0.3, 0.4) is 0 Å². The van der Waals surface area contributed by atoms with Gasteiger partial charge in [0.15, 0.2) is 0 Å². The lowest BCUT2D eigenvalue weighted by Crippen LogP contribution is -1.98. The molecule has 0 aliphatic carbocycles. The summed E-state index contributed by atoms with van der Waals surface area (Å²) < 4.78 is 7.61. The fourth-order valence-corrected chi connectivity index (χ4v) is 3.53. The molecule has 100 valence electrons. The summed E-state index contributed by atoms with van der Waals surface area (Å²) in [5.41, 5.74) is 2.18. The van der Waals surface area contributed by atoms with Crippen LogP contribution >= 0.6 is 50.1 Å². The lowest BCUT2D eigenvalue weighted by molar-refractivity contribution is 0.338. The molecule has 0 amide bonds. The van der Waals surface area contributed by atoms with E-state index in [9.17, 15) is 0 Å². The summed E-state index contributed by atoms with van der Waals surface area (Å²) in [5, 5.41) is -0.153. The van der Waals surface area contributed by atoms with Crippen molar-refractivity contribution in [1.29, 1.82) is 0 Å². The summed E-state index contributed by atoms with van der Waals surface area (Å²) in [6.07, 6.45) is 0. The zero-order valence-electron chi connectivity index (χ0n) is 10.4. The molecule has 0 aromatic heterocycles. The van der Waals surface area contributed by atoms with Crippen molar-refractivity contribution in [2.45, 2.75) is 12.3 Å². The first-order valence-electron chi connectivity index (χ1n) is 5.94. The van der Waals surface area contributed by atoms with E-state index in [-0.39, 0.29) is 5.38 Å². The number of ether oxygens (including phenoxy) is 1. The molecule has 1 nitrogen and oxygen atoms in total. The summed E-state index contributed by atoms with van der Waals surface area (Å²) in [5.74, 6) is 0.845. The van der Waals surface area contributed by atoms with Crippen molar-refractivity contribution in [2.24, 2.45) is 0 Å². The molecular formula is C15H13BrClIO. The van der Waals surface area contributed by atoms with Crippen molar-refractivity contribution < 1.29 is 4.74 Å². The number of hydrogen-bond donors (Lipinski definition) is 0. The normalized spacial score (nSPS) is 12.2. The van der Waals surface area contributed by atoms with Gasteiger partial charge in [-0.3, -0.25) is 0 Å². The van der Waals surface area contributed by atoms with E-state index in [0.717, 1.165) is 21.3 Å². The summed E-state index contributed by atoms with van der Waals surface area (Å²) in [6.45, 7) is 2.62. The molecule has 0 spiro atoms. The SMILES string of the molecule is CCOc1ccc(C(Cl)c2ccccc2I)cc1Br.